The molecule has 0 unspecified atom stereocenters. The molecule has 4 N–H and O–H groups in total. The Morgan fingerprint density at radius 3 is 2.30 bits per heavy atom. The van der Waals surface area contributed by atoms with Gasteiger partial charge in [0.2, 0.25) is 17.8 Å². The van der Waals surface area contributed by atoms with E-state index >= 15 is 0 Å². The third-order valence-electron chi connectivity index (χ3n) is 2.24. The van der Waals surface area contributed by atoms with Crippen LogP contribution in [0.15, 0.2) is 0 Å². The van der Waals surface area contributed by atoms with E-state index in [1.54, 1.807) is 0 Å². The fourth-order valence-electron chi connectivity index (χ4n) is 1.31. The summed E-state index contributed by atoms with van der Waals surface area (Å²) >= 11 is 0. The number of primary amides is 1. The van der Waals surface area contributed by atoms with Gasteiger partial charge in [0.05, 0.1) is 6.61 Å². The minimum Gasteiger partial charge on any atom is -0.463 e. The van der Waals surface area contributed by atoms with Gasteiger partial charge in [-0.05, 0) is 12.8 Å². The maximum atomic E-state index is 10.7. The Morgan fingerprint density at radius 1 is 1.10 bits per heavy atom. The van der Waals surface area contributed by atoms with Gasteiger partial charge in [-0.15, -0.1) is 0 Å². The molecule has 0 radical (unpaired) electrons. The van der Waals surface area contributed by atoms with Crippen LogP contribution in [0, 0.1) is 0 Å². The molecule has 0 aliphatic carbocycles. The molecule has 0 atom stereocenters. The predicted octanol–water partition coefficient (Wildman–Crippen LogP) is 0.770. The van der Waals surface area contributed by atoms with Crippen molar-refractivity contribution in [3.63, 3.8) is 0 Å². The van der Waals surface area contributed by atoms with Crippen LogP contribution in [0.25, 0.3) is 0 Å². The molecule has 0 aliphatic rings. The fraction of sp³-hybridized carbons (Fsp3) is 0.667. The van der Waals surface area contributed by atoms with Gasteiger partial charge < -0.3 is 21.1 Å². The highest BCUT2D eigenvalue weighted by molar-refractivity contribution is 5.74. The SMILES string of the molecule is CCCNc1nc(NCCC(N)=O)nc(OCCC)n1. The maximum absolute atomic E-state index is 10.7. The zero-order chi connectivity index (χ0) is 14.8. The van der Waals surface area contributed by atoms with E-state index in [2.05, 4.69) is 32.5 Å². The number of rotatable bonds is 10. The van der Waals surface area contributed by atoms with Crippen molar-refractivity contribution < 1.29 is 9.53 Å². The first kappa shape index (κ1) is 15.9. The van der Waals surface area contributed by atoms with Gasteiger partial charge in [-0.1, -0.05) is 13.8 Å². The zero-order valence-corrected chi connectivity index (χ0v) is 12.0. The summed E-state index contributed by atoms with van der Waals surface area (Å²) in [5, 5.41) is 6.00. The van der Waals surface area contributed by atoms with Gasteiger partial charge in [0.1, 0.15) is 0 Å². The van der Waals surface area contributed by atoms with Crippen LogP contribution in [-0.2, 0) is 4.79 Å². The molecule has 0 fully saturated rings. The summed E-state index contributed by atoms with van der Waals surface area (Å²) in [6.45, 7) is 5.73. The first-order valence-electron chi connectivity index (χ1n) is 6.80. The Labute approximate surface area is 118 Å². The van der Waals surface area contributed by atoms with Crippen molar-refractivity contribution in [2.24, 2.45) is 5.73 Å². The number of hydrogen-bond donors (Lipinski definition) is 3. The Balaban J connectivity index is 2.71. The summed E-state index contributed by atoms with van der Waals surface area (Å²) in [5.41, 5.74) is 5.08. The molecule has 0 saturated carbocycles. The Bertz CT molecular complexity index is 400. The maximum Gasteiger partial charge on any atom is 0.323 e. The van der Waals surface area contributed by atoms with E-state index in [9.17, 15) is 4.79 Å². The standard InChI is InChI=1S/C12H22N6O2/c1-3-6-14-10-16-11(15-7-5-9(13)19)18-12(17-10)20-8-4-2/h3-8H2,1-2H3,(H2,13,19)(H2,14,15,16,17,18). The van der Waals surface area contributed by atoms with E-state index < -0.39 is 0 Å². The number of carbonyl (C=O) groups excluding carboxylic acids is 1. The molecule has 8 nitrogen and oxygen atoms in total. The van der Waals surface area contributed by atoms with Crippen LogP contribution in [0.2, 0.25) is 0 Å². The number of nitrogens with one attached hydrogen (secondary N) is 2. The molecule has 0 saturated heterocycles. The highest BCUT2D eigenvalue weighted by atomic mass is 16.5. The Morgan fingerprint density at radius 2 is 1.75 bits per heavy atom. The first-order chi connectivity index (χ1) is 9.65. The number of nitrogens with zero attached hydrogens (tertiary/aromatic N) is 3. The predicted molar refractivity (Wildman–Crippen MR) is 76.7 cm³/mol. The molecule has 1 amide bonds. The summed E-state index contributed by atoms with van der Waals surface area (Å²) in [5.74, 6) is 0.443. The van der Waals surface area contributed by atoms with Gasteiger partial charge in [0.15, 0.2) is 0 Å². The van der Waals surface area contributed by atoms with Gasteiger partial charge >= 0.3 is 6.01 Å². The summed E-state index contributed by atoms with van der Waals surface area (Å²) in [4.78, 5) is 23.2. The smallest absolute Gasteiger partial charge is 0.323 e. The van der Waals surface area contributed by atoms with E-state index in [4.69, 9.17) is 10.5 Å². The second-order valence-corrected chi connectivity index (χ2v) is 4.18. The van der Waals surface area contributed by atoms with E-state index in [0.29, 0.717) is 25.0 Å². The molecule has 1 heterocycles. The van der Waals surface area contributed by atoms with Crippen LogP contribution in [0.5, 0.6) is 6.01 Å². The van der Waals surface area contributed by atoms with Crippen molar-refractivity contribution in [2.45, 2.75) is 33.1 Å². The van der Waals surface area contributed by atoms with Gasteiger partial charge in [0.25, 0.3) is 0 Å². The molecule has 1 aromatic rings. The van der Waals surface area contributed by atoms with E-state index in [0.717, 1.165) is 19.4 Å². The van der Waals surface area contributed by atoms with Crippen LogP contribution in [0.3, 0.4) is 0 Å². The molecule has 20 heavy (non-hydrogen) atoms. The minimum absolute atomic E-state index is 0.217. The number of amides is 1. The van der Waals surface area contributed by atoms with Crippen molar-refractivity contribution in [3.8, 4) is 6.01 Å². The van der Waals surface area contributed by atoms with Gasteiger partial charge in [-0.25, -0.2) is 0 Å². The van der Waals surface area contributed by atoms with E-state index in [1.807, 2.05) is 6.92 Å². The first-order valence-corrected chi connectivity index (χ1v) is 6.80. The van der Waals surface area contributed by atoms with Gasteiger partial charge in [-0.3, -0.25) is 4.79 Å². The third kappa shape index (κ3) is 6.17. The van der Waals surface area contributed by atoms with E-state index in [-0.39, 0.29) is 18.3 Å². The van der Waals surface area contributed by atoms with Crippen LogP contribution < -0.4 is 21.1 Å². The monoisotopic (exact) mass is 282 g/mol. The molecule has 0 bridgehead atoms. The van der Waals surface area contributed by atoms with Crippen molar-refractivity contribution in [3.05, 3.63) is 0 Å². The van der Waals surface area contributed by atoms with Crippen LogP contribution >= 0.6 is 0 Å². The molecule has 1 aromatic heterocycles. The highest BCUT2D eigenvalue weighted by Gasteiger charge is 2.07. The second-order valence-electron chi connectivity index (χ2n) is 4.18. The van der Waals surface area contributed by atoms with Crippen molar-refractivity contribution in [2.75, 3.05) is 30.3 Å². The number of ether oxygens (including phenoxy) is 1. The summed E-state index contributed by atoms with van der Waals surface area (Å²) < 4.78 is 5.41. The summed E-state index contributed by atoms with van der Waals surface area (Å²) in [7, 11) is 0. The Hall–Kier alpha value is -2.12. The molecule has 8 heteroatoms. The summed E-state index contributed by atoms with van der Waals surface area (Å²) in [6, 6.07) is 0.266. The molecule has 0 spiro atoms. The molecule has 1 rings (SSSR count). The average molecular weight is 282 g/mol. The largest absolute Gasteiger partial charge is 0.463 e. The zero-order valence-electron chi connectivity index (χ0n) is 12.0. The lowest BCUT2D eigenvalue weighted by molar-refractivity contribution is -0.117. The molecule has 0 aliphatic heterocycles. The lowest BCUT2D eigenvalue weighted by atomic mass is 10.4. The molecule has 112 valence electrons. The normalized spacial score (nSPS) is 10.1. The average Bonchev–Trinajstić information content (AvgIpc) is 2.42. The highest BCUT2D eigenvalue weighted by Crippen LogP contribution is 2.11. The van der Waals surface area contributed by atoms with Crippen LogP contribution in [0.4, 0.5) is 11.9 Å². The molecular weight excluding hydrogens is 260 g/mol. The second kappa shape index (κ2) is 8.89. The quantitative estimate of drug-likeness (QED) is 0.580. The number of nitrogens with two attached hydrogens (primary N) is 1. The lowest BCUT2D eigenvalue weighted by Crippen LogP contribution is -2.17. The number of carbonyl (C=O) groups is 1. The third-order valence-corrected chi connectivity index (χ3v) is 2.24. The number of anilines is 2. The Kier molecular flexibility index (Phi) is 7.08. The van der Waals surface area contributed by atoms with Crippen molar-refractivity contribution >= 4 is 17.8 Å². The van der Waals surface area contributed by atoms with Crippen LogP contribution in [-0.4, -0.2) is 40.6 Å². The molecule has 0 aromatic carbocycles. The molecular formula is C12H22N6O2. The van der Waals surface area contributed by atoms with Gasteiger partial charge in [0, 0.05) is 19.5 Å². The van der Waals surface area contributed by atoms with Crippen molar-refractivity contribution in [1.82, 2.24) is 15.0 Å². The minimum atomic E-state index is -0.377. The fourth-order valence-corrected chi connectivity index (χ4v) is 1.31. The van der Waals surface area contributed by atoms with Crippen LogP contribution in [0.1, 0.15) is 33.1 Å². The van der Waals surface area contributed by atoms with Gasteiger partial charge in [-0.2, -0.15) is 15.0 Å². The topological polar surface area (TPSA) is 115 Å². The lowest BCUT2D eigenvalue weighted by Gasteiger charge is -2.09. The summed E-state index contributed by atoms with van der Waals surface area (Å²) in [6.07, 6.45) is 2.05. The number of hydrogen-bond acceptors (Lipinski definition) is 7. The number of aromatic nitrogens is 3. The van der Waals surface area contributed by atoms with E-state index in [1.165, 1.54) is 0 Å². The van der Waals surface area contributed by atoms with Crippen molar-refractivity contribution in [1.29, 1.82) is 0 Å².